The number of aliphatic hydroxyl groups excluding tert-OH is 1. The molecule has 8 heteroatoms. The first-order valence-electron chi connectivity index (χ1n) is 11.4. The van der Waals surface area contributed by atoms with Crippen molar-refractivity contribution in [2.45, 2.75) is 51.0 Å². The predicted octanol–water partition coefficient (Wildman–Crippen LogP) is 4.13. The van der Waals surface area contributed by atoms with E-state index in [0.717, 1.165) is 29.8 Å². The van der Waals surface area contributed by atoms with Gasteiger partial charge in [-0.3, -0.25) is 9.78 Å². The van der Waals surface area contributed by atoms with Gasteiger partial charge < -0.3 is 10.4 Å². The summed E-state index contributed by atoms with van der Waals surface area (Å²) in [6.07, 6.45) is 3.26. The van der Waals surface area contributed by atoms with Gasteiger partial charge in [-0.05, 0) is 67.0 Å². The van der Waals surface area contributed by atoms with Crippen molar-refractivity contribution >= 4 is 5.91 Å². The van der Waals surface area contributed by atoms with Crippen LogP contribution in [0, 0.1) is 17.0 Å². The van der Waals surface area contributed by atoms with Crippen LogP contribution in [-0.4, -0.2) is 38.8 Å². The van der Waals surface area contributed by atoms with E-state index >= 15 is 0 Å². The molecule has 0 spiro atoms. The number of hydrogen-bond donors (Lipinski definition) is 2. The smallest absolute Gasteiger partial charge is 0.251 e. The predicted molar refractivity (Wildman–Crippen MR) is 122 cm³/mol. The Morgan fingerprint density at radius 1 is 1.21 bits per heavy atom. The number of aliphatic hydroxyl groups is 1. The van der Waals surface area contributed by atoms with Crippen LogP contribution in [0.1, 0.15) is 66.8 Å². The lowest BCUT2D eigenvalue weighted by Crippen LogP contribution is -2.39. The number of amides is 1. The number of hydrogen-bond acceptors (Lipinski definition) is 5. The van der Waals surface area contributed by atoms with Gasteiger partial charge in [-0.1, -0.05) is 19.9 Å². The van der Waals surface area contributed by atoms with Gasteiger partial charge >= 0.3 is 0 Å². The maximum absolute atomic E-state index is 14.4. The van der Waals surface area contributed by atoms with Gasteiger partial charge in [0.2, 0.25) is 0 Å². The molecule has 2 aromatic heterocycles. The van der Waals surface area contributed by atoms with Crippen LogP contribution in [0.5, 0.6) is 0 Å². The molecule has 176 valence electrons. The SMILES string of the molecule is C[C@H](CO)NC(=O)c1ccnc([C@]23CC[C@@H](c4cc(-c5c(F)cccc5F)nnc42)C3(C)C)c1. The third kappa shape index (κ3) is 3.08. The molecular weight excluding hydrogens is 438 g/mol. The normalized spacial score (nSPS) is 22.9. The van der Waals surface area contributed by atoms with Crippen molar-refractivity contribution in [2.75, 3.05) is 6.61 Å². The Hall–Kier alpha value is -3.26. The molecule has 2 aliphatic carbocycles. The lowest BCUT2D eigenvalue weighted by molar-refractivity contribution is 0.0921. The molecule has 2 aliphatic rings. The Labute approximate surface area is 196 Å². The number of carbonyl (C=O) groups is 1. The van der Waals surface area contributed by atoms with Gasteiger partial charge in [-0.15, -0.1) is 5.10 Å². The van der Waals surface area contributed by atoms with Gasteiger partial charge in [-0.2, -0.15) is 5.10 Å². The van der Waals surface area contributed by atoms with E-state index in [1.807, 2.05) is 0 Å². The van der Waals surface area contributed by atoms with E-state index in [4.69, 9.17) is 0 Å². The van der Waals surface area contributed by atoms with Crippen molar-refractivity contribution in [1.82, 2.24) is 20.5 Å². The number of aromatic nitrogens is 3. The number of pyridine rings is 1. The number of benzene rings is 1. The average molecular weight is 465 g/mol. The zero-order valence-electron chi connectivity index (χ0n) is 19.3. The Morgan fingerprint density at radius 3 is 2.65 bits per heavy atom. The van der Waals surface area contributed by atoms with Crippen molar-refractivity contribution in [3.63, 3.8) is 0 Å². The summed E-state index contributed by atoms with van der Waals surface area (Å²) in [5, 5.41) is 20.8. The van der Waals surface area contributed by atoms with Crippen LogP contribution >= 0.6 is 0 Å². The molecule has 2 bridgehead atoms. The van der Waals surface area contributed by atoms with Crippen molar-refractivity contribution in [2.24, 2.45) is 5.41 Å². The molecule has 0 unspecified atom stereocenters. The third-order valence-corrected chi connectivity index (χ3v) is 7.71. The van der Waals surface area contributed by atoms with Crippen molar-refractivity contribution < 1.29 is 18.7 Å². The summed E-state index contributed by atoms with van der Waals surface area (Å²) < 4.78 is 28.9. The number of rotatable bonds is 5. The summed E-state index contributed by atoms with van der Waals surface area (Å²) in [5.41, 5.74) is 1.97. The van der Waals surface area contributed by atoms with Gasteiger partial charge in [0.05, 0.1) is 34.7 Å². The molecule has 3 aromatic rings. The second-order valence-corrected chi connectivity index (χ2v) is 9.84. The van der Waals surface area contributed by atoms with E-state index in [1.54, 1.807) is 31.3 Å². The first-order chi connectivity index (χ1) is 16.2. The first-order valence-corrected chi connectivity index (χ1v) is 11.4. The summed E-state index contributed by atoms with van der Waals surface area (Å²) in [5.74, 6) is -1.53. The quantitative estimate of drug-likeness (QED) is 0.593. The number of carbonyl (C=O) groups excluding carboxylic acids is 1. The van der Waals surface area contributed by atoms with E-state index in [-0.39, 0.29) is 41.1 Å². The topological polar surface area (TPSA) is 88.0 Å². The monoisotopic (exact) mass is 464 g/mol. The highest BCUT2D eigenvalue weighted by molar-refractivity contribution is 5.94. The molecule has 2 heterocycles. The number of halogens is 2. The summed E-state index contributed by atoms with van der Waals surface area (Å²) in [7, 11) is 0. The maximum Gasteiger partial charge on any atom is 0.251 e. The van der Waals surface area contributed by atoms with E-state index < -0.39 is 17.0 Å². The molecule has 2 N–H and O–H groups in total. The van der Waals surface area contributed by atoms with Crippen LogP contribution in [0.4, 0.5) is 8.78 Å². The second kappa shape index (κ2) is 7.91. The van der Waals surface area contributed by atoms with Crippen LogP contribution in [0.3, 0.4) is 0 Å². The van der Waals surface area contributed by atoms with Gasteiger partial charge in [-0.25, -0.2) is 8.78 Å². The Bertz CT molecular complexity index is 1280. The molecule has 1 saturated carbocycles. The summed E-state index contributed by atoms with van der Waals surface area (Å²) in [4.78, 5) is 17.4. The van der Waals surface area contributed by atoms with E-state index in [0.29, 0.717) is 5.56 Å². The molecule has 1 aromatic carbocycles. The molecule has 0 saturated heterocycles. The Balaban J connectivity index is 1.62. The lowest BCUT2D eigenvalue weighted by Gasteiger charge is -2.37. The van der Waals surface area contributed by atoms with E-state index in [2.05, 4.69) is 34.3 Å². The van der Waals surface area contributed by atoms with Gasteiger partial charge in [0.15, 0.2) is 0 Å². The van der Waals surface area contributed by atoms with Crippen molar-refractivity contribution in [3.8, 4) is 11.3 Å². The van der Waals surface area contributed by atoms with Gasteiger partial charge in [0.25, 0.3) is 5.91 Å². The molecule has 1 fully saturated rings. The molecule has 0 radical (unpaired) electrons. The summed E-state index contributed by atoms with van der Waals surface area (Å²) >= 11 is 0. The Kier molecular flexibility index (Phi) is 5.24. The van der Waals surface area contributed by atoms with Crippen LogP contribution in [-0.2, 0) is 5.41 Å². The van der Waals surface area contributed by atoms with E-state index in [9.17, 15) is 18.7 Å². The molecule has 6 nitrogen and oxygen atoms in total. The van der Waals surface area contributed by atoms with Crippen molar-refractivity contribution in [1.29, 1.82) is 0 Å². The molecule has 34 heavy (non-hydrogen) atoms. The highest BCUT2D eigenvalue weighted by Crippen LogP contribution is 2.69. The zero-order chi connectivity index (χ0) is 24.3. The largest absolute Gasteiger partial charge is 0.394 e. The second-order valence-electron chi connectivity index (χ2n) is 9.84. The molecular formula is C26H26F2N4O2. The Morgan fingerprint density at radius 2 is 1.94 bits per heavy atom. The van der Waals surface area contributed by atoms with Crippen LogP contribution in [0.25, 0.3) is 11.3 Å². The van der Waals surface area contributed by atoms with Crippen LogP contribution < -0.4 is 5.32 Å². The summed E-state index contributed by atoms with van der Waals surface area (Å²) in [6, 6.07) is 8.56. The minimum atomic E-state index is -0.677. The highest BCUT2D eigenvalue weighted by Gasteiger charge is 2.65. The fourth-order valence-corrected chi connectivity index (χ4v) is 5.91. The number of nitrogens with one attached hydrogen (secondary N) is 1. The lowest BCUT2D eigenvalue weighted by atomic mass is 9.66. The minimum absolute atomic E-state index is 0.111. The zero-order valence-corrected chi connectivity index (χ0v) is 19.3. The fraction of sp³-hybridized carbons (Fsp3) is 0.385. The maximum atomic E-state index is 14.4. The molecule has 5 rings (SSSR count). The fourth-order valence-electron chi connectivity index (χ4n) is 5.91. The minimum Gasteiger partial charge on any atom is -0.394 e. The van der Waals surface area contributed by atoms with Gasteiger partial charge in [0.1, 0.15) is 11.6 Å². The summed E-state index contributed by atoms with van der Waals surface area (Å²) in [6.45, 7) is 5.87. The van der Waals surface area contributed by atoms with Crippen LogP contribution in [0.15, 0.2) is 42.6 Å². The standard InChI is InChI=1S/C26H26F2N4O2/c1-14(13-33)30-24(34)15-8-10-29-21(11-15)26-9-7-17(25(26,2)3)16-12-20(31-32-23(16)26)22-18(27)5-4-6-19(22)28/h4-6,8,10-12,14,17,33H,7,9,13H2,1-3H3,(H,30,34)/t14-,17+,26-/m1/s1. The first kappa shape index (κ1) is 22.5. The van der Waals surface area contributed by atoms with E-state index in [1.165, 1.54) is 18.2 Å². The highest BCUT2D eigenvalue weighted by atomic mass is 19.1. The molecule has 3 atom stereocenters. The van der Waals surface area contributed by atoms with Gasteiger partial charge in [0, 0.05) is 17.8 Å². The average Bonchev–Trinajstić information content (AvgIpc) is 3.20. The third-order valence-electron chi connectivity index (χ3n) is 7.71. The van der Waals surface area contributed by atoms with Crippen LogP contribution in [0.2, 0.25) is 0 Å². The number of fused-ring (bicyclic) bond motifs is 5. The number of nitrogens with zero attached hydrogens (tertiary/aromatic N) is 3. The molecule has 1 amide bonds. The molecule has 0 aliphatic heterocycles. The van der Waals surface area contributed by atoms with Crippen molar-refractivity contribution in [3.05, 3.63) is 76.7 Å².